The van der Waals surface area contributed by atoms with Gasteiger partial charge in [-0.25, -0.2) is 15.0 Å². The highest BCUT2D eigenvalue weighted by molar-refractivity contribution is 6.33. The second kappa shape index (κ2) is 5.83. The zero-order valence-corrected chi connectivity index (χ0v) is 12.1. The Bertz CT molecular complexity index is 639. The van der Waals surface area contributed by atoms with Crippen molar-refractivity contribution in [2.75, 3.05) is 17.7 Å². The number of carbonyl (C=O) groups is 1. The lowest BCUT2D eigenvalue weighted by atomic mass is 10.2. The van der Waals surface area contributed by atoms with Gasteiger partial charge in [0.15, 0.2) is 0 Å². The standard InChI is InChI=1S/C13H14ClN5O/c1-7-4-8(2)18-13(17-7)19-12(20)9-5-10(14)11(15-3)16-6-9/h4-6H,1-3H3,(H,15,16)(H,17,18,19,20). The van der Waals surface area contributed by atoms with E-state index >= 15 is 0 Å². The summed E-state index contributed by atoms with van der Waals surface area (Å²) in [5.41, 5.74) is 1.92. The van der Waals surface area contributed by atoms with E-state index in [9.17, 15) is 4.79 Å². The average Bonchev–Trinajstić information content (AvgIpc) is 2.37. The van der Waals surface area contributed by atoms with E-state index in [0.29, 0.717) is 16.4 Å². The van der Waals surface area contributed by atoms with Gasteiger partial charge in [0, 0.05) is 24.6 Å². The number of hydrogen-bond acceptors (Lipinski definition) is 5. The summed E-state index contributed by atoms with van der Waals surface area (Å²) in [4.78, 5) is 24.4. The quantitative estimate of drug-likeness (QED) is 0.908. The zero-order chi connectivity index (χ0) is 14.7. The number of anilines is 2. The SMILES string of the molecule is CNc1ncc(C(=O)Nc2nc(C)cc(C)n2)cc1Cl. The molecule has 0 fully saturated rings. The van der Waals surface area contributed by atoms with Gasteiger partial charge in [0.25, 0.3) is 5.91 Å². The molecule has 0 aromatic carbocycles. The van der Waals surface area contributed by atoms with Crippen molar-refractivity contribution in [2.24, 2.45) is 0 Å². The first-order chi connectivity index (χ1) is 9.49. The summed E-state index contributed by atoms with van der Waals surface area (Å²) in [5, 5.41) is 5.83. The van der Waals surface area contributed by atoms with E-state index in [-0.39, 0.29) is 11.9 Å². The highest BCUT2D eigenvalue weighted by atomic mass is 35.5. The van der Waals surface area contributed by atoms with E-state index in [1.807, 2.05) is 19.9 Å². The number of hydrogen-bond donors (Lipinski definition) is 2. The van der Waals surface area contributed by atoms with E-state index in [4.69, 9.17) is 11.6 Å². The highest BCUT2D eigenvalue weighted by Gasteiger charge is 2.11. The fourth-order valence-electron chi connectivity index (χ4n) is 1.70. The molecule has 0 radical (unpaired) electrons. The lowest BCUT2D eigenvalue weighted by Crippen LogP contribution is -2.15. The molecule has 0 saturated heterocycles. The van der Waals surface area contributed by atoms with E-state index in [0.717, 1.165) is 11.4 Å². The Morgan fingerprint density at radius 3 is 2.40 bits per heavy atom. The van der Waals surface area contributed by atoms with E-state index in [1.165, 1.54) is 6.20 Å². The molecule has 2 aromatic heterocycles. The maximum absolute atomic E-state index is 12.1. The molecule has 6 nitrogen and oxygen atoms in total. The summed E-state index contributed by atoms with van der Waals surface area (Å²) in [6.45, 7) is 3.68. The lowest BCUT2D eigenvalue weighted by Gasteiger charge is -2.07. The summed E-state index contributed by atoms with van der Waals surface area (Å²) >= 11 is 5.99. The summed E-state index contributed by atoms with van der Waals surface area (Å²) in [5.74, 6) is 0.430. The molecule has 0 aliphatic heterocycles. The molecule has 7 heteroatoms. The van der Waals surface area contributed by atoms with Crippen LogP contribution in [0.3, 0.4) is 0 Å². The molecule has 20 heavy (non-hydrogen) atoms. The van der Waals surface area contributed by atoms with Gasteiger partial charge in [-0.15, -0.1) is 0 Å². The van der Waals surface area contributed by atoms with Crippen molar-refractivity contribution < 1.29 is 4.79 Å². The van der Waals surface area contributed by atoms with Crippen LogP contribution in [0.1, 0.15) is 21.7 Å². The van der Waals surface area contributed by atoms with Gasteiger partial charge in [0.2, 0.25) is 5.95 Å². The average molecular weight is 292 g/mol. The predicted octanol–water partition coefficient (Wildman–Crippen LogP) is 2.44. The summed E-state index contributed by atoms with van der Waals surface area (Å²) < 4.78 is 0. The van der Waals surface area contributed by atoms with Crippen LogP contribution >= 0.6 is 11.6 Å². The number of amides is 1. The van der Waals surface area contributed by atoms with Crippen molar-refractivity contribution >= 4 is 29.3 Å². The minimum absolute atomic E-state index is 0.265. The summed E-state index contributed by atoms with van der Waals surface area (Å²) in [7, 11) is 1.71. The van der Waals surface area contributed by atoms with Crippen molar-refractivity contribution in [2.45, 2.75) is 13.8 Å². The van der Waals surface area contributed by atoms with Gasteiger partial charge in [0.05, 0.1) is 10.6 Å². The van der Waals surface area contributed by atoms with Gasteiger partial charge in [0.1, 0.15) is 5.82 Å². The fraction of sp³-hybridized carbons (Fsp3) is 0.231. The second-order valence-electron chi connectivity index (χ2n) is 4.23. The van der Waals surface area contributed by atoms with E-state index in [2.05, 4.69) is 25.6 Å². The first kappa shape index (κ1) is 14.2. The Morgan fingerprint density at radius 1 is 1.20 bits per heavy atom. The summed E-state index contributed by atoms with van der Waals surface area (Å²) in [6.07, 6.45) is 1.44. The van der Waals surface area contributed by atoms with Crippen LogP contribution in [0.2, 0.25) is 5.02 Å². The van der Waals surface area contributed by atoms with Gasteiger partial charge in [-0.3, -0.25) is 10.1 Å². The first-order valence-corrected chi connectivity index (χ1v) is 6.34. The molecule has 0 aliphatic carbocycles. The van der Waals surface area contributed by atoms with Crippen LogP contribution in [0, 0.1) is 13.8 Å². The van der Waals surface area contributed by atoms with Crippen LogP contribution in [0.5, 0.6) is 0 Å². The largest absolute Gasteiger partial charge is 0.372 e. The minimum Gasteiger partial charge on any atom is -0.372 e. The Kier molecular flexibility index (Phi) is 4.14. The Hall–Kier alpha value is -2.21. The van der Waals surface area contributed by atoms with Gasteiger partial charge in [-0.1, -0.05) is 11.6 Å². The van der Waals surface area contributed by atoms with Crippen LogP contribution < -0.4 is 10.6 Å². The maximum atomic E-state index is 12.1. The number of nitrogens with one attached hydrogen (secondary N) is 2. The number of aromatic nitrogens is 3. The monoisotopic (exact) mass is 291 g/mol. The molecule has 0 atom stereocenters. The third-order valence-corrected chi connectivity index (χ3v) is 2.84. The topological polar surface area (TPSA) is 79.8 Å². The number of aryl methyl sites for hydroxylation is 2. The molecule has 0 unspecified atom stereocenters. The number of rotatable bonds is 3. The normalized spacial score (nSPS) is 10.2. The Morgan fingerprint density at radius 2 is 1.85 bits per heavy atom. The summed E-state index contributed by atoms with van der Waals surface area (Å²) in [6, 6.07) is 3.37. The van der Waals surface area contributed by atoms with Crippen LogP contribution in [-0.2, 0) is 0 Å². The van der Waals surface area contributed by atoms with Crippen molar-refractivity contribution in [3.8, 4) is 0 Å². The number of halogens is 1. The minimum atomic E-state index is -0.355. The number of pyridine rings is 1. The molecular weight excluding hydrogens is 278 g/mol. The molecule has 0 bridgehead atoms. The molecule has 2 heterocycles. The smallest absolute Gasteiger partial charge is 0.259 e. The van der Waals surface area contributed by atoms with Gasteiger partial charge < -0.3 is 5.32 Å². The maximum Gasteiger partial charge on any atom is 0.259 e. The number of nitrogens with zero attached hydrogens (tertiary/aromatic N) is 3. The molecule has 0 spiro atoms. The molecule has 0 saturated carbocycles. The van der Waals surface area contributed by atoms with Crippen LogP contribution in [0.25, 0.3) is 0 Å². The van der Waals surface area contributed by atoms with E-state index in [1.54, 1.807) is 13.1 Å². The van der Waals surface area contributed by atoms with E-state index < -0.39 is 0 Å². The van der Waals surface area contributed by atoms with Crippen LogP contribution in [0.15, 0.2) is 18.3 Å². The van der Waals surface area contributed by atoms with Crippen LogP contribution in [-0.4, -0.2) is 27.9 Å². The Labute approximate surface area is 121 Å². The van der Waals surface area contributed by atoms with Crippen molar-refractivity contribution in [1.82, 2.24) is 15.0 Å². The Balaban J connectivity index is 2.21. The zero-order valence-electron chi connectivity index (χ0n) is 11.4. The third-order valence-electron chi connectivity index (χ3n) is 2.55. The van der Waals surface area contributed by atoms with Gasteiger partial charge in [-0.2, -0.15) is 0 Å². The van der Waals surface area contributed by atoms with Gasteiger partial charge in [-0.05, 0) is 26.0 Å². The fourth-order valence-corrected chi connectivity index (χ4v) is 1.96. The molecule has 2 rings (SSSR count). The number of carbonyl (C=O) groups excluding carboxylic acids is 1. The molecule has 1 amide bonds. The van der Waals surface area contributed by atoms with Crippen molar-refractivity contribution in [3.63, 3.8) is 0 Å². The molecule has 2 N–H and O–H groups in total. The molecule has 104 valence electrons. The van der Waals surface area contributed by atoms with Gasteiger partial charge >= 0.3 is 0 Å². The third kappa shape index (κ3) is 3.21. The van der Waals surface area contributed by atoms with Crippen LogP contribution in [0.4, 0.5) is 11.8 Å². The van der Waals surface area contributed by atoms with Crippen molar-refractivity contribution in [1.29, 1.82) is 0 Å². The highest BCUT2D eigenvalue weighted by Crippen LogP contribution is 2.19. The molecule has 0 aliphatic rings. The second-order valence-corrected chi connectivity index (χ2v) is 4.64. The first-order valence-electron chi connectivity index (χ1n) is 5.96. The molecule has 2 aromatic rings. The van der Waals surface area contributed by atoms with Crippen molar-refractivity contribution in [3.05, 3.63) is 40.3 Å². The molecular formula is C13H14ClN5O. The lowest BCUT2D eigenvalue weighted by molar-refractivity contribution is 0.102. The predicted molar refractivity (Wildman–Crippen MR) is 78.3 cm³/mol.